The molecular formula is C5H7ClN2O2S2. The van der Waals surface area contributed by atoms with E-state index in [1.807, 2.05) is 6.26 Å². The van der Waals surface area contributed by atoms with Crippen molar-refractivity contribution in [1.82, 2.24) is 9.55 Å². The van der Waals surface area contributed by atoms with Crippen LogP contribution in [0.1, 0.15) is 0 Å². The molecule has 0 aliphatic carbocycles. The molecule has 0 unspecified atom stereocenters. The number of rotatable bonds is 2. The highest BCUT2D eigenvalue weighted by Gasteiger charge is 2.16. The standard InChI is InChI=1S/C5H7ClN2O2S2/c1-8-4(12(6,9)10)3-7-5(8)11-2/h3H,1-2H3. The van der Waals surface area contributed by atoms with Gasteiger partial charge in [0.1, 0.15) is 0 Å². The SMILES string of the molecule is CSc1ncc(S(=O)(=O)Cl)n1C. The van der Waals surface area contributed by atoms with Gasteiger partial charge in [-0.3, -0.25) is 0 Å². The van der Waals surface area contributed by atoms with Crippen LogP contribution in [0.5, 0.6) is 0 Å². The molecule has 0 aromatic carbocycles. The fraction of sp³-hybridized carbons (Fsp3) is 0.400. The van der Waals surface area contributed by atoms with Gasteiger partial charge in [0, 0.05) is 17.7 Å². The van der Waals surface area contributed by atoms with Crippen LogP contribution in [0.4, 0.5) is 0 Å². The average molecular weight is 227 g/mol. The summed E-state index contributed by atoms with van der Waals surface area (Å²) >= 11 is 1.36. The third-order valence-electron chi connectivity index (χ3n) is 1.34. The second-order valence-corrected chi connectivity index (χ2v) is 5.37. The third-order valence-corrected chi connectivity index (χ3v) is 3.43. The largest absolute Gasteiger partial charge is 0.312 e. The van der Waals surface area contributed by atoms with Crippen LogP contribution in [0.2, 0.25) is 0 Å². The smallest absolute Gasteiger partial charge is 0.278 e. The minimum absolute atomic E-state index is 0.0218. The van der Waals surface area contributed by atoms with Gasteiger partial charge in [-0.15, -0.1) is 0 Å². The molecule has 0 atom stereocenters. The number of aromatic nitrogens is 2. The lowest BCUT2D eigenvalue weighted by Crippen LogP contribution is -2.00. The Morgan fingerprint density at radius 3 is 2.50 bits per heavy atom. The van der Waals surface area contributed by atoms with Gasteiger partial charge in [0.2, 0.25) is 0 Å². The number of hydrogen-bond donors (Lipinski definition) is 0. The van der Waals surface area contributed by atoms with Crippen molar-refractivity contribution in [2.75, 3.05) is 6.26 Å². The van der Waals surface area contributed by atoms with Crippen molar-refractivity contribution < 1.29 is 8.42 Å². The fourth-order valence-corrected chi connectivity index (χ4v) is 2.40. The zero-order valence-electron chi connectivity index (χ0n) is 6.48. The van der Waals surface area contributed by atoms with E-state index in [1.165, 1.54) is 22.5 Å². The average Bonchev–Trinajstić information content (AvgIpc) is 2.29. The lowest BCUT2D eigenvalue weighted by Gasteiger charge is -1.99. The molecule has 0 fully saturated rings. The van der Waals surface area contributed by atoms with Crippen molar-refractivity contribution in [1.29, 1.82) is 0 Å². The maximum Gasteiger partial charge on any atom is 0.278 e. The highest BCUT2D eigenvalue weighted by atomic mass is 35.7. The van der Waals surface area contributed by atoms with E-state index in [9.17, 15) is 8.42 Å². The Morgan fingerprint density at radius 1 is 1.67 bits per heavy atom. The number of thioether (sulfide) groups is 1. The Kier molecular flexibility index (Phi) is 2.70. The van der Waals surface area contributed by atoms with Gasteiger partial charge in [0.15, 0.2) is 10.2 Å². The van der Waals surface area contributed by atoms with Gasteiger partial charge in [0.25, 0.3) is 9.05 Å². The molecule has 68 valence electrons. The number of nitrogens with zero attached hydrogens (tertiary/aromatic N) is 2. The van der Waals surface area contributed by atoms with Crippen molar-refractivity contribution in [3.63, 3.8) is 0 Å². The van der Waals surface area contributed by atoms with E-state index < -0.39 is 9.05 Å². The quantitative estimate of drug-likeness (QED) is 0.559. The predicted molar refractivity (Wildman–Crippen MR) is 48.0 cm³/mol. The van der Waals surface area contributed by atoms with Crippen LogP contribution >= 0.6 is 22.4 Å². The minimum Gasteiger partial charge on any atom is -0.312 e. The number of hydrogen-bond acceptors (Lipinski definition) is 4. The summed E-state index contributed by atoms with van der Waals surface area (Å²) in [4.78, 5) is 3.86. The second kappa shape index (κ2) is 3.27. The monoisotopic (exact) mass is 226 g/mol. The molecule has 0 N–H and O–H groups in total. The molecule has 0 radical (unpaired) electrons. The third kappa shape index (κ3) is 1.75. The van der Waals surface area contributed by atoms with Crippen LogP contribution < -0.4 is 0 Å². The summed E-state index contributed by atoms with van der Waals surface area (Å²) in [5, 5.41) is 0.641. The Balaban J connectivity index is 3.30. The molecule has 0 spiro atoms. The second-order valence-electron chi connectivity index (χ2n) is 2.08. The van der Waals surface area contributed by atoms with E-state index in [4.69, 9.17) is 10.7 Å². The highest BCUT2D eigenvalue weighted by molar-refractivity contribution is 8.13. The van der Waals surface area contributed by atoms with E-state index >= 15 is 0 Å². The van der Waals surface area contributed by atoms with Gasteiger partial charge in [-0.2, -0.15) is 0 Å². The number of halogens is 1. The molecule has 12 heavy (non-hydrogen) atoms. The zero-order valence-corrected chi connectivity index (χ0v) is 8.87. The molecule has 0 saturated heterocycles. The summed E-state index contributed by atoms with van der Waals surface area (Å²) in [5.74, 6) is 0. The first-order chi connectivity index (χ1) is 5.46. The predicted octanol–water partition coefficient (Wildman–Crippen LogP) is 1.07. The summed E-state index contributed by atoms with van der Waals surface area (Å²) < 4.78 is 23.2. The lowest BCUT2D eigenvalue weighted by molar-refractivity contribution is 0.595. The number of imidazole rings is 1. The molecule has 1 heterocycles. The molecular weight excluding hydrogens is 220 g/mol. The van der Waals surface area contributed by atoms with Crippen LogP contribution in [-0.2, 0) is 16.1 Å². The van der Waals surface area contributed by atoms with Crippen LogP contribution in [0.25, 0.3) is 0 Å². The first kappa shape index (κ1) is 9.88. The molecule has 1 aromatic rings. The van der Waals surface area contributed by atoms with Crippen molar-refractivity contribution in [3.8, 4) is 0 Å². The van der Waals surface area contributed by atoms with Crippen LogP contribution in [-0.4, -0.2) is 24.2 Å². The van der Waals surface area contributed by atoms with Crippen LogP contribution in [0.3, 0.4) is 0 Å². The molecule has 0 amide bonds. The summed E-state index contributed by atoms with van der Waals surface area (Å²) in [6.07, 6.45) is 3.06. The molecule has 1 rings (SSSR count). The van der Waals surface area contributed by atoms with Crippen molar-refractivity contribution >= 4 is 31.5 Å². The van der Waals surface area contributed by atoms with Gasteiger partial charge in [-0.25, -0.2) is 13.4 Å². The molecule has 0 saturated carbocycles. The topological polar surface area (TPSA) is 52.0 Å². The normalized spacial score (nSPS) is 11.9. The molecule has 7 heteroatoms. The first-order valence-electron chi connectivity index (χ1n) is 2.97. The highest BCUT2D eigenvalue weighted by Crippen LogP contribution is 2.19. The maximum atomic E-state index is 10.9. The Bertz CT molecular complexity index is 384. The van der Waals surface area contributed by atoms with Gasteiger partial charge in [0.05, 0.1) is 6.20 Å². The van der Waals surface area contributed by atoms with Crippen molar-refractivity contribution in [2.45, 2.75) is 10.2 Å². The van der Waals surface area contributed by atoms with Crippen LogP contribution in [0.15, 0.2) is 16.4 Å². The Labute approximate surface area is 79.4 Å². The van der Waals surface area contributed by atoms with E-state index in [0.717, 1.165) is 0 Å². The molecule has 4 nitrogen and oxygen atoms in total. The maximum absolute atomic E-state index is 10.9. The summed E-state index contributed by atoms with van der Waals surface area (Å²) in [6.45, 7) is 0. The van der Waals surface area contributed by atoms with Crippen molar-refractivity contribution in [3.05, 3.63) is 6.20 Å². The van der Waals surface area contributed by atoms with Crippen molar-refractivity contribution in [2.24, 2.45) is 7.05 Å². The van der Waals surface area contributed by atoms with E-state index in [1.54, 1.807) is 7.05 Å². The van der Waals surface area contributed by atoms with Gasteiger partial charge in [-0.1, -0.05) is 11.8 Å². The Morgan fingerprint density at radius 2 is 2.25 bits per heavy atom. The van der Waals surface area contributed by atoms with Gasteiger partial charge < -0.3 is 4.57 Å². The molecule has 0 aliphatic rings. The van der Waals surface area contributed by atoms with E-state index in [0.29, 0.717) is 5.16 Å². The molecule has 1 aromatic heterocycles. The van der Waals surface area contributed by atoms with Gasteiger partial charge in [-0.05, 0) is 6.26 Å². The zero-order chi connectivity index (χ0) is 9.35. The lowest BCUT2D eigenvalue weighted by atomic mass is 10.9. The minimum atomic E-state index is -3.66. The first-order valence-corrected chi connectivity index (χ1v) is 6.50. The molecule has 0 bridgehead atoms. The fourth-order valence-electron chi connectivity index (χ4n) is 0.794. The molecule has 0 aliphatic heterocycles. The summed E-state index contributed by atoms with van der Waals surface area (Å²) in [6, 6.07) is 0. The summed E-state index contributed by atoms with van der Waals surface area (Å²) in [7, 11) is 3.08. The summed E-state index contributed by atoms with van der Waals surface area (Å²) in [5.41, 5.74) is 0. The Hall–Kier alpha value is -0.200. The van der Waals surface area contributed by atoms with E-state index in [-0.39, 0.29) is 5.03 Å². The van der Waals surface area contributed by atoms with Crippen LogP contribution in [0, 0.1) is 0 Å². The van der Waals surface area contributed by atoms with Gasteiger partial charge >= 0.3 is 0 Å². The van der Waals surface area contributed by atoms with E-state index in [2.05, 4.69) is 4.98 Å².